The lowest BCUT2D eigenvalue weighted by molar-refractivity contribution is 0.356. The van der Waals surface area contributed by atoms with E-state index in [1.165, 1.54) is 76.6 Å². The van der Waals surface area contributed by atoms with Crippen molar-refractivity contribution in [3.05, 3.63) is 143 Å². The van der Waals surface area contributed by atoms with Crippen LogP contribution in [0.5, 0.6) is 0 Å². The second-order valence-corrected chi connectivity index (χ2v) is 11.8. The fraction of sp³-hybridized carbons (Fsp3) is 0.275. The lowest BCUT2D eigenvalue weighted by Crippen LogP contribution is -2.13. The average Bonchev–Trinajstić information content (AvgIpc) is 3.01. The summed E-state index contributed by atoms with van der Waals surface area (Å²) in [5.41, 5.74) is 14.4. The van der Waals surface area contributed by atoms with E-state index in [2.05, 4.69) is 111 Å². The lowest BCUT2D eigenvalue weighted by Gasteiger charge is -2.23. The molecule has 2 nitrogen and oxygen atoms in total. The first kappa shape index (κ1) is 29.3. The topological polar surface area (TPSA) is 24.9 Å². The molecule has 1 N–H and O–H groups in total. The van der Waals surface area contributed by atoms with E-state index in [9.17, 15) is 0 Å². The normalized spacial score (nSPS) is 14.0. The van der Waals surface area contributed by atoms with Crippen LogP contribution in [-0.2, 0) is 12.8 Å². The fourth-order valence-corrected chi connectivity index (χ4v) is 6.46. The van der Waals surface area contributed by atoms with Gasteiger partial charge in [0.2, 0.25) is 0 Å². The number of hydrogen-bond acceptors (Lipinski definition) is 2. The Kier molecular flexibility index (Phi) is 9.54. The summed E-state index contributed by atoms with van der Waals surface area (Å²) in [7, 11) is 1.95. The van der Waals surface area contributed by atoms with Crippen molar-refractivity contribution < 1.29 is 0 Å². The fourth-order valence-electron chi connectivity index (χ4n) is 6.46. The first-order valence-corrected chi connectivity index (χ1v) is 15.4. The Morgan fingerprint density at radius 3 is 2.38 bits per heavy atom. The maximum absolute atomic E-state index is 4.96. The molecule has 3 aromatic carbocycles. The van der Waals surface area contributed by atoms with E-state index in [0.29, 0.717) is 0 Å². The van der Waals surface area contributed by atoms with E-state index >= 15 is 0 Å². The van der Waals surface area contributed by atoms with E-state index in [1.807, 2.05) is 19.3 Å². The number of nitrogens with zero attached hydrogens (tertiary/aromatic N) is 1. The van der Waals surface area contributed by atoms with E-state index in [-0.39, 0.29) is 0 Å². The van der Waals surface area contributed by atoms with Gasteiger partial charge in [0.25, 0.3) is 0 Å². The van der Waals surface area contributed by atoms with E-state index in [4.69, 9.17) is 4.98 Å². The number of rotatable bonds is 10. The summed E-state index contributed by atoms with van der Waals surface area (Å²) in [5, 5.41) is 3.26. The summed E-state index contributed by atoms with van der Waals surface area (Å²) in [6.45, 7) is 12.9. The molecule has 5 rings (SSSR count). The molecule has 1 aliphatic carbocycles. The van der Waals surface area contributed by atoms with Crippen LogP contribution in [0.2, 0.25) is 0 Å². The van der Waals surface area contributed by atoms with Gasteiger partial charge >= 0.3 is 0 Å². The van der Waals surface area contributed by atoms with Gasteiger partial charge in [0, 0.05) is 36.6 Å². The van der Waals surface area contributed by atoms with Gasteiger partial charge in [-0.25, -0.2) is 0 Å². The first-order valence-electron chi connectivity index (χ1n) is 15.4. The monoisotopic (exact) mass is 552 g/mol. The van der Waals surface area contributed by atoms with Gasteiger partial charge in [-0.3, -0.25) is 4.98 Å². The Morgan fingerprint density at radius 2 is 1.62 bits per heavy atom. The minimum atomic E-state index is 0.747. The number of benzene rings is 3. The zero-order valence-electron chi connectivity index (χ0n) is 25.5. The molecule has 0 saturated heterocycles. The molecule has 0 radical (unpaired) electrons. The Labute approximate surface area is 253 Å². The molecule has 0 atom stereocenters. The van der Waals surface area contributed by atoms with Gasteiger partial charge in [0.05, 0.1) is 0 Å². The standard InChI is InChI=1S/C40H44N2/c1-6-32(24-33-19-11-10-15-28(33)2)37-22-14-16-29(3)40(37)38-21-13-12-20-34(38)25-36-26-35(23-31-17-8-7-9-18-31)39(27-42-36)30(4)41-5/h6,10-16,19-22,24,26-27,31,41H,1,4,7-9,17-18,23,25H2,2-3,5H3/b32-24+. The molecule has 1 heterocycles. The van der Waals surface area contributed by atoms with E-state index < -0.39 is 0 Å². The Hall–Kier alpha value is -4.17. The highest BCUT2D eigenvalue weighted by atomic mass is 14.8. The van der Waals surface area contributed by atoms with Crippen molar-refractivity contribution in [2.24, 2.45) is 5.92 Å². The smallest absolute Gasteiger partial charge is 0.0450 e. The first-order chi connectivity index (χ1) is 20.5. The summed E-state index contributed by atoms with van der Waals surface area (Å²) < 4.78 is 0. The van der Waals surface area contributed by atoms with Gasteiger partial charge in [-0.1, -0.05) is 118 Å². The molecular formula is C40H44N2. The van der Waals surface area contributed by atoms with Gasteiger partial charge in [-0.2, -0.15) is 0 Å². The molecule has 214 valence electrons. The molecule has 1 saturated carbocycles. The Morgan fingerprint density at radius 1 is 0.881 bits per heavy atom. The quantitative estimate of drug-likeness (QED) is 0.156. The number of nitrogens with one attached hydrogen (secondary N) is 1. The predicted molar refractivity (Wildman–Crippen MR) is 181 cm³/mol. The molecule has 1 aliphatic rings. The molecule has 4 aromatic rings. The highest BCUT2D eigenvalue weighted by Crippen LogP contribution is 2.37. The number of pyridine rings is 1. The lowest BCUT2D eigenvalue weighted by atomic mass is 9.83. The van der Waals surface area contributed by atoms with Crippen LogP contribution < -0.4 is 5.32 Å². The van der Waals surface area contributed by atoms with Crippen molar-refractivity contribution in [1.82, 2.24) is 10.3 Å². The average molecular weight is 553 g/mol. The van der Waals surface area contributed by atoms with Crippen molar-refractivity contribution in [1.29, 1.82) is 0 Å². The number of aromatic nitrogens is 1. The highest BCUT2D eigenvalue weighted by molar-refractivity contribution is 5.95. The number of hydrogen-bond donors (Lipinski definition) is 1. The molecule has 0 aliphatic heterocycles. The molecule has 1 aromatic heterocycles. The summed E-state index contributed by atoms with van der Waals surface area (Å²) in [4.78, 5) is 4.96. The predicted octanol–water partition coefficient (Wildman–Crippen LogP) is 10.00. The highest BCUT2D eigenvalue weighted by Gasteiger charge is 2.19. The molecule has 2 heteroatoms. The summed E-state index contributed by atoms with van der Waals surface area (Å²) >= 11 is 0. The molecule has 0 bridgehead atoms. The Balaban J connectivity index is 1.55. The van der Waals surface area contributed by atoms with Crippen molar-refractivity contribution in [3.63, 3.8) is 0 Å². The largest absolute Gasteiger partial charge is 0.388 e. The number of aryl methyl sites for hydroxylation is 2. The summed E-state index contributed by atoms with van der Waals surface area (Å²) in [6.07, 6.45) is 14.9. The van der Waals surface area contributed by atoms with Crippen molar-refractivity contribution in [3.8, 4) is 11.1 Å². The second kappa shape index (κ2) is 13.7. The zero-order chi connectivity index (χ0) is 29.5. The maximum atomic E-state index is 4.96. The van der Waals surface area contributed by atoms with Crippen LogP contribution in [0.4, 0.5) is 0 Å². The molecular weight excluding hydrogens is 508 g/mol. The van der Waals surface area contributed by atoms with Crippen LogP contribution in [0.25, 0.3) is 28.5 Å². The van der Waals surface area contributed by atoms with Gasteiger partial charge in [-0.05, 0) is 88.4 Å². The third-order valence-electron chi connectivity index (χ3n) is 8.87. The van der Waals surface area contributed by atoms with E-state index in [1.54, 1.807) is 0 Å². The van der Waals surface area contributed by atoms with Crippen LogP contribution in [-0.4, -0.2) is 12.0 Å². The van der Waals surface area contributed by atoms with Crippen molar-refractivity contribution in [2.75, 3.05) is 7.05 Å². The van der Waals surface area contributed by atoms with Crippen molar-refractivity contribution >= 4 is 17.3 Å². The molecule has 1 fully saturated rings. The molecule has 0 amide bonds. The second-order valence-electron chi connectivity index (χ2n) is 11.8. The van der Waals surface area contributed by atoms with Crippen LogP contribution in [0.15, 0.2) is 98.2 Å². The van der Waals surface area contributed by atoms with Crippen LogP contribution in [0, 0.1) is 19.8 Å². The maximum Gasteiger partial charge on any atom is 0.0450 e. The van der Waals surface area contributed by atoms with Gasteiger partial charge in [0.15, 0.2) is 0 Å². The SMILES string of the molecule is C=C/C(=C\c1ccccc1C)c1cccc(C)c1-c1ccccc1Cc1cc(CC2CCCCC2)c(C(=C)NC)cn1. The zero-order valence-corrected chi connectivity index (χ0v) is 25.5. The number of allylic oxidation sites excluding steroid dienone is 2. The van der Waals surface area contributed by atoms with Crippen molar-refractivity contribution in [2.45, 2.75) is 58.8 Å². The third-order valence-corrected chi connectivity index (χ3v) is 8.87. The summed E-state index contributed by atoms with van der Waals surface area (Å²) in [6, 6.07) is 26.3. The molecule has 0 unspecified atom stereocenters. The van der Waals surface area contributed by atoms with Crippen LogP contribution in [0.1, 0.15) is 76.7 Å². The van der Waals surface area contributed by atoms with Gasteiger partial charge < -0.3 is 5.32 Å². The Bertz CT molecular complexity index is 1600. The van der Waals surface area contributed by atoms with Gasteiger partial charge in [0.1, 0.15) is 0 Å². The summed E-state index contributed by atoms with van der Waals surface area (Å²) in [5.74, 6) is 0.747. The molecule has 0 spiro atoms. The molecule has 42 heavy (non-hydrogen) atoms. The van der Waals surface area contributed by atoms with Gasteiger partial charge in [-0.15, -0.1) is 0 Å². The minimum Gasteiger partial charge on any atom is -0.388 e. The third kappa shape index (κ3) is 6.65. The van der Waals surface area contributed by atoms with Crippen LogP contribution in [0.3, 0.4) is 0 Å². The minimum absolute atomic E-state index is 0.747. The van der Waals surface area contributed by atoms with E-state index in [0.717, 1.165) is 41.3 Å². The van der Waals surface area contributed by atoms with Crippen LogP contribution >= 0.6 is 0 Å².